The van der Waals surface area contributed by atoms with Gasteiger partial charge in [-0.15, -0.1) is 0 Å². The molecule has 7 heteroatoms. The van der Waals surface area contributed by atoms with E-state index in [2.05, 4.69) is 4.72 Å². The largest absolute Gasteiger partial charge is 0.408 e. The van der Waals surface area contributed by atoms with Gasteiger partial charge in [0.2, 0.25) is 0 Å². The van der Waals surface area contributed by atoms with Crippen molar-refractivity contribution >= 4 is 22.6 Å². The van der Waals surface area contributed by atoms with Gasteiger partial charge >= 0.3 is 6.18 Å². The van der Waals surface area contributed by atoms with Gasteiger partial charge in [0, 0.05) is 5.02 Å². The summed E-state index contributed by atoms with van der Waals surface area (Å²) in [5.41, 5.74) is 0.892. The lowest BCUT2D eigenvalue weighted by Crippen LogP contribution is -2.35. The smallest absolute Gasteiger partial charge is 0.237 e. The van der Waals surface area contributed by atoms with Gasteiger partial charge in [-0.2, -0.15) is 13.2 Å². The Labute approximate surface area is 133 Å². The SMILES string of the molecule is Cc1ccc([S@](=O)N[C@H](c2ccc(Cl)cc2)C(F)(F)F)cc1. The van der Waals surface area contributed by atoms with Gasteiger partial charge in [0.1, 0.15) is 17.0 Å². The first-order chi connectivity index (χ1) is 10.3. The fraction of sp³-hybridized carbons (Fsp3) is 0.200. The lowest BCUT2D eigenvalue weighted by Gasteiger charge is -2.21. The van der Waals surface area contributed by atoms with E-state index in [0.717, 1.165) is 5.56 Å². The van der Waals surface area contributed by atoms with Crippen molar-refractivity contribution in [3.05, 3.63) is 64.7 Å². The van der Waals surface area contributed by atoms with Crippen LogP contribution in [0.2, 0.25) is 5.02 Å². The molecule has 22 heavy (non-hydrogen) atoms. The Bertz CT molecular complexity index is 656. The molecule has 1 N–H and O–H groups in total. The van der Waals surface area contributed by atoms with Crippen LogP contribution in [0.25, 0.3) is 0 Å². The van der Waals surface area contributed by atoms with E-state index in [0.29, 0.717) is 5.02 Å². The predicted molar refractivity (Wildman–Crippen MR) is 81.0 cm³/mol. The molecule has 0 aliphatic heterocycles. The molecular weight excluding hydrogens is 335 g/mol. The Hall–Kier alpha value is -1.37. The summed E-state index contributed by atoms with van der Waals surface area (Å²) in [4.78, 5) is 0.286. The van der Waals surface area contributed by atoms with Crippen molar-refractivity contribution in [3.8, 4) is 0 Å². The summed E-state index contributed by atoms with van der Waals surface area (Å²) in [7, 11) is -1.98. The highest BCUT2D eigenvalue weighted by Gasteiger charge is 2.41. The standard InChI is InChI=1S/C15H13ClF3NOS/c1-10-2-8-13(9-3-10)22(21)20-14(15(17,18)19)11-4-6-12(16)7-5-11/h2-9,14,20H,1H3/t14-,22+/m1/s1. The Morgan fingerprint density at radius 3 is 2.09 bits per heavy atom. The lowest BCUT2D eigenvalue weighted by atomic mass is 10.1. The monoisotopic (exact) mass is 347 g/mol. The first kappa shape index (κ1) is 17.0. The number of halogens is 4. The minimum atomic E-state index is -4.58. The van der Waals surface area contributed by atoms with Crippen LogP contribution < -0.4 is 4.72 Å². The molecule has 0 aliphatic carbocycles. The summed E-state index contributed by atoms with van der Waals surface area (Å²) in [6.45, 7) is 1.84. The van der Waals surface area contributed by atoms with Crippen molar-refractivity contribution in [2.45, 2.75) is 24.0 Å². The zero-order valence-corrected chi connectivity index (χ0v) is 13.1. The molecule has 2 aromatic rings. The maximum atomic E-state index is 13.2. The molecule has 0 aliphatic rings. The molecule has 0 saturated heterocycles. The lowest BCUT2D eigenvalue weighted by molar-refractivity contribution is -0.152. The van der Waals surface area contributed by atoms with E-state index in [1.54, 1.807) is 12.1 Å². The second kappa shape index (κ2) is 6.81. The van der Waals surface area contributed by atoms with Crippen LogP contribution in [-0.4, -0.2) is 10.4 Å². The molecule has 118 valence electrons. The molecule has 0 amide bonds. The minimum absolute atomic E-state index is 0.0441. The van der Waals surface area contributed by atoms with E-state index in [-0.39, 0.29) is 10.5 Å². The van der Waals surface area contributed by atoms with Crippen molar-refractivity contribution in [2.75, 3.05) is 0 Å². The number of hydrogen-bond acceptors (Lipinski definition) is 1. The van der Waals surface area contributed by atoms with E-state index >= 15 is 0 Å². The molecule has 2 atom stereocenters. The number of aryl methyl sites for hydroxylation is 1. The van der Waals surface area contributed by atoms with Gasteiger partial charge in [-0.1, -0.05) is 41.4 Å². The summed E-state index contributed by atoms with van der Waals surface area (Å²) in [6, 6.07) is 9.69. The first-order valence-corrected chi connectivity index (χ1v) is 7.87. The van der Waals surface area contributed by atoms with Gasteiger partial charge in [-0.25, -0.2) is 8.93 Å². The molecule has 2 aromatic carbocycles. The van der Waals surface area contributed by atoms with Crippen molar-refractivity contribution in [1.29, 1.82) is 0 Å². The van der Waals surface area contributed by atoms with Crippen LogP contribution >= 0.6 is 11.6 Å². The topological polar surface area (TPSA) is 29.1 Å². The van der Waals surface area contributed by atoms with E-state index in [4.69, 9.17) is 11.6 Å². The number of rotatable bonds is 4. The van der Waals surface area contributed by atoms with Crippen LogP contribution in [0.5, 0.6) is 0 Å². The molecule has 0 fully saturated rings. The minimum Gasteiger partial charge on any atom is -0.237 e. The molecule has 0 saturated carbocycles. The van der Waals surface area contributed by atoms with Gasteiger partial charge in [0.05, 0.1) is 4.90 Å². The molecule has 0 spiro atoms. The van der Waals surface area contributed by atoms with Gasteiger partial charge < -0.3 is 0 Å². The van der Waals surface area contributed by atoms with Crippen LogP contribution in [0.4, 0.5) is 13.2 Å². The highest BCUT2D eigenvalue weighted by Crippen LogP contribution is 2.33. The zero-order valence-electron chi connectivity index (χ0n) is 11.5. The fourth-order valence-electron chi connectivity index (χ4n) is 1.82. The summed E-state index contributed by atoms with van der Waals surface area (Å²) < 4.78 is 53.9. The van der Waals surface area contributed by atoms with Gasteiger partial charge in [0.15, 0.2) is 0 Å². The molecule has 2 rings (SSSR count). The number of alkyl halides is 3. The van der Waals surface area contributed by atoms with Crippen LogP contribution in [0, 0.1) is 6.92 Å². The molecule has 0 aromatic heterocycles. The summed E-state index contributed by atoms with van der Waals surface area (Å²) in [5.74, 6) is 0. The summed E-state index contributed by atoms with van der Waals surface area (Å²) in [6.07, 6.45) is -4.58. The van der Waals surface area contributed by atoms with E-state index < -0.39 is 23.2 Å². The average molecular weight is 348 g/mol. The quantitative estimate of drug-likeness (QED) is 0.862. The van der Waals surface area contributed by atoms with Crippen LogP contribution in [-0.2, 0) is 11.0 Å². The number of nitrogens with one attached hydrogen (secondary N) is 1. The number of benzene rings is 2. The van der Waals surface area contributed by atoms with Crippen molar-refractivity contribution in [3.63, 3.8) is 0 Å². The summed E-state index contributed by atoms with van der Waals surface area (Å²) >= 11 is 5.69. The highest BCUT2D eigenvalue weighted by atomic mass is 35.5. The predicted octanol–water partition coefficient (Wildman–Crippen LogP) is 4.56. The average Bonchev–Trinajstić information content (AvgIpc) is 2.45. The Morgan fingerprint density at radius 1 is 1.05 bits per heavy atom. The van der Waals surface area contributed by atoms with Crippen LogP contribution in [0.1, 0.15) is 17.2 Å². The third-order valence-corrected chi connectivity index (χ3v) is 4.39. The molecular formula is C15H13ClF3NOS. The second-order valence-corrected chi connectivity index (χ2v) is 6.41. The summed E-state index contributed by atoms with van der Waals surface area (Å²) in [5, 5.41) is 0.337. The third kappa shape index (κ3) is 4.32. The Balaban J connectivity index is 2.25. The van der Waals surface area contributed by atoms with Gasteiger partial charge in [0.25, 0.3) is 0 Å². The molecule has 0 unspecified atom stereocenters. The van der Waals surface area contributed by atoms with Crippen molar-refractivity contribution in [2.24, 2.45) is 0 Å². The van der Waals surface area contributed by atoms with Gasteiger partial charge in [-0.05, 0) is 36.8 Å². The van der Waals surface area contributed by atoms with Crippen molar-refractivity contribution < 1.29 is 17.4 Å². The highest BCUT2D eigenvalue weighted by molar-refractivity contribution is 7.83. The van der Waals surface area contributed by atoms with E-state index in [1.165, 1.54) is 36.4 Å². The normalized spacial score (nSPS) is 14.6. The molecule has 0 heterocycles. The molecule has 0 radical (unpaired) electrons. The molecule has 2 nitrogen and oxygen atoms in total. The Kier molecular flexibility index (Phi) is 5.26. The van der Waals surface area contributed by atoms with Crippen LogP contribution in [0.3, 0.4) is 0 Å². The van der Waals surface area contributed by atoms with Crippen molar-refractivity contribution in [1.82, 2.24) is 4.72 Å². The second-order valence-electron chi connectivity index (χ2n) is 4.73. The Morgan fingerprint density at radius 2 is 1.59 bits per heavy atom. The zero-order chi connectivity index (χ0) is 16.3. The van der Waals surface area contributed by atoms with Gasteiger partial charge in [-0.3, -0.25) is 0 Å². The van der Waals surface area contributed by atoms with E-state index in [1.807, 2.05) is 6.92 Å². The van der Waals surface area contributed by atoms with E-state index in [9.17, 15) is 17.4 Å². The molecule has 0 bridgehead atoms. The first-order valence-electron chi connectivity index (χ1n) is 6.34. The number of hydrogen-bond donors (Lipinski definition) is 1. The fourth-order valence-corrected chi connectivity index (χ4v) is 2.95. The maximum Gasteiger partial charge on any atom is 0.408 e. The third-order valence-electron chi connectivity index (χ3n) is 2.99. The maximum absolute atomic E-state index is 13.2. The van der Waals surface area contributed by atoms with Crippen LogP contribution in [0.15, 0.2) is 53.4 Å².